The molecule has 1 atom stereocenters. The standard InChI is InChI=1S/C15H19F3N2O3/c16-15(17,18)10-22-7-3-6-19-14(21)20-9-12-8-11-4-1-2-5-13(11)23-12/h1-2,4-5,12H,3,6-10H2,(H2,19,20,21). The van der Waals surface area contributed by atoms with Crippen molar-refractivity contribution in [2.45, 2.75) is 25.1 Å². The van der Waals surface area contributed by atoms with E-state index in [0.717, 1.165) is 17.7 Å². The molecule has 5 nitrogen and oxygen atoms in total. The number of hydrogen-bond donors (Lipinski definition) is 2. The molecule has 0 saturated heterocycles. The number of carbonyl (C=O) groups is 1. The van der Waals surface area contributed by atoms with Gasteiger partial charge in [0.05, 0.1) is 6.54 Å². The van der Waals surface area contributed by atoms with Crippen molar-refractivity contribution in [2.75, 3.05) is 26.3 Å². The van der Waals surface area contributed by atoms with Gasteiger partial charge < -0.3 is 20.1 Å². The van der Waals surface area contributed by atoms with Gasteiger partial charge in [0.1, 0.15) is 18.5 Å². The van der Waals surface area contributed by atoms with Gasteiger partial charge >= 0.3 is 12.2 Å². The van der Waals surface area contributed by atoms with Crippen LogP contribution in [0.3, 0.4) is 0 Å². The monoisotopic (exact) mass is 332 g/mol. The quantitative estimate of drug-likeness (QED) is 0.753. The summed E-state index contributed by atoms with van der Waals surface area (Å²) in [5, 5.41) is 5.24. The predicted molar refractivity (Wildman–Crippen MR) is 77.5 cm³/mol. The van der Waals surface area contributed by atoms with Crippen LogP contribution in [0.1, 0.15) is 12.0 Å². The molecule has 1 aromatic rings. The van der Waals surface area contributed by atoms with Crippen LogP contribution in [0.4, 0.5) is 18.0 Å². The number of hydrogen-bond acceptors (Lipinski definition) is 3. The summed E-state index contributed by atoms with van der Waals surface area (Å²) in [6, 6.07) is 7.32. The van der Waals surface area contributed by atoms with Crippen molar-refractivity contribution in [1.29, 1.82) is 0 Å². The van der Waals surface area contributed by atoms with Gasteiger partial charge in [0.2, 0.25) is 0 Å². The molecule has 1 aliphatic rings. The van der Waals surface area contributed by atoms with E-state index in [1.54, 1.807) is 0 Å². The molecule has 0 aromatic heterocycles. The molecule has 23 heavy (non-hydrogen) atoms. The molecule has 0 spiro atoms. The molecule has 0 radical (unpaired) electrons. The number of rotatable bonds is 7. The smallest absolute Gasteiger partial charge is 0.411 e. The Labute approximate surface area is 132 Å². The zero-order valence-electron chi connectivity index (χ0n) is 12.5. The van der Waals surface area contributed by atoms with Crippen molar-refractivity contribution in [3.05, 3.63) is 29.8 Å². The molecule has 1 unspecified atom stereocenters. The zero-order valence-corrected chi connectivity index (χ0v) is 12.5. The number of fused-ring (bicyclic) bond motifs is 1. The average Bonchev–Trinajstić information content (AvgIpc) is 2.90. The Bertz CT molecular complexity index is 498. The highest BCUT2D eigenvalue weighted by Crippen LogP contribution is 2.27. The van der Waals surface area contributed by atoms with E-state index in [4.69, 9.17) is 4.74 Å². The van der Waals surface area contributed by atoms with Gasteiger partial charge in [0, 0.05) is 19.6 Å². The molecule has 128 valence electrons. The minimum absolute atomic E-state index is 0.0547. The number of alkyl halides is 3. The Hall–Kier alpha value is -1.96. The molecule has 1 aromatic carbocycles. The first-order valence-corrected chi connectivity index (χ1v) is 7.35. The van der Waals surface area contributed by atoms with Crippen molar-refractivity contribution >= 4 is 6.03 Å². The normalized spacial score (nSPS) is 16.6. The van der Waals surface area contributed by atoms with E-state index < -0.39 is 12.8 Å². The van der Waals surface area contributed by atoms with Gasteiger partial charge in [-0.15, -0.1) is 0 Å². The summed E-state index contributed by atoms with van der Waals surface area (Å²) in [4.78, 5) is 11.6. The molecular weight excluding hydrogens is 313 g/mol. The minimum atomic E-state index is -4.32. The minimum Gasteiger partial charge on any atom is -0.488 e. The van der Waals surface area contributed by atoms with E-state index in [1.807, 2.05) is 24.3 Å². The van der Waals surface area contributed by atoms with Crippen LogP contribution >= 0.6 is 0 Å². The largest absolute Gasteiger partial charge is 0.488 e. The van der Waals surface area contributed by atoms with Crippen LogP contribution in [0.2, 0.25) is 0 Å². The van der Waals surface area contributed by atoms with Gasteiger partial charge in [-0.3, -0.25) is 0 Å². The van der Waals surface area contributed by atoms with Crippen LogP contribution in [0.15, 0.2) is 24.3 Å². The summed E-state index contributed by atoms with van der Waals surface area (Å²) < 4.78 is 45.6. The Morgan fingerprint density at radius 1 is 1.30 bits per heavy atom. The third-order valence-electron chi connectivity index (χ3n) is 3.22. The molecule has 0 aliphatic carbocycles. The Morgan fingerprint density at radius 3 is 2.83 bits per heavy atom. The molecule has 1 aliphatic heterocycles. The number of ether oxygens (including phenoxy) is 2. The SMILES string of the molecule is O=C(NCCCOCC(F)(F)F)NCC1Cc2ccccc2O1. The molecule has 2 N–H and O–H groups in total. The predicted octanol–water partition coefficient (Wildman–Crippen LogP) is 2.26. The number of amides is 2. The van der Waals surface area contributed by atoms with Crippen LogP contribution in [-0.4, -0.2) is 44.6 Å². The second-order valence-corrected chi connectivity index (χ2v) is 5.21. The lowest BCUT2D eigenvalue weighted by Gasteiger charge is -2.13. The lowest BCUT2D eigenvalue weighted by atomic mass is 10.1. The van der Waals surface area contributed by atoms with E-state index in [0.29, 0.717) is 13.0 Å². The Morgan fingerprint density at radius 2 is 2.09 bits per heavy atom. The molecular formula is C15H19F3N2O3. The molecule has 0 bridgehead atoms. The fourth-order valence-electron chi connectivity index (χ4n) is 2.20. The van der Waals surface area contributed by atoms with Crippen LogP contribution < -0.4 is 15.4 Å². The van der Waals surface area contributed by atoms with E-state index in [-0.39, 0.29) is 25.3 Å². The highest BCUT2D eigenvalue weighted by Gasteiger charge is 2.27. The first kappa shape index (κ1) is 17.4. The molecule has 0 saturated carbocycles. The van der Waals surface area contributed by atoms with E-state index >= 15 is 0 Å². The summed E-state index contributed by atoms with van der Waals surface area (Å²) in [6.07, 6.45) is -3.37. The maximum atomic E-state index is 11.8. The lowest BCUT2D eigenvalue weighted by Crippen LogP contribution is -2.41. The third-order valence-corrected chi connectivity index (χ3v) is 3.22. The molecule has 2 rings (SSSR count). The van der Waals surface area contributed by atoms with Gasteiger partial charge in [-0.2, -0.15) is 13.2 Å². The number of carbonyl (C=O) groups excluding carboxylic acids is 1. The summed E-state index contributed by atoms with van der Waals surface area (Å²) >= 11 is 0. The number of benzene rings is 1. The first-order valence-electron chi connectivity index (χ1n) is 7.35. The maximum Gasteiger partial charge on any atom is 0.411 e. The van der Waals surface area contributed by atoms with E-state index in [9.17, 15) is 18.0 Å². The van der Waals surface area contributed by atoms with Crippen molar-refractivity contribution in [2.24, 2.45) is 0 Å². The summed E-state index contributed by atoms with van der Waals surface area (Å²) in [5.41, 5.74) is 1.11. The van der Waals surface area contributed by atoms with Crippen LogP contribution in [0.25, 0.3) is 0 Å². The zero-order chi connectivity index (χ0) is 16.7. The summed E-state index contributed by atoms with van der Waals surface area (Å²) in [5.74, 6) is 0.835. The second kappa shape index (κ2) is 8.05. The van der Waals surface area contributed by atoms with Crippen LogP contribution in [-0.2, 0) is 11.2 Å². The van der Waals surface area contributed by atoms with Crippen LogP contribution in [0, 0.1) is 0 Å². The summed E-state index contributed by atoms with van der Waals surface area (Å²) in [6.45, 7) is -0.708. The Kier molecular flexibility index (Phi) is 6.09. The first-order chi connectivity index (χ1) is 10.9. The van der Waals surface area contributed by atoms with Gasteiger partial charge in [0.25, 0.3) is 0 Å². The van der Waals surface area contributed by atoms with Crippen molar-refractivity contribution in [1.82, 2.24) is 10.6 Å². The second-order valence-electron chi connectivity index (χ2n) is 5.21. The van der Waals surface area contributed by atoms with Crippen molar-refractivity contribution in [3.63, 3.8) is 0 Å². The number of halogens is 3. The highest BCUT2D eigenvalue weighted by molar-refractivity contribution is 5.73. The van der Waals surface area contributed by atoms with E-state index in [1.165, 1.54) is 0 Å². The van der Waals surface area contributed by atoms with Gasteiger partial charge in [0.15, 0.2) is 0 Å². The van der Waals surface area contributed by atoms with Gasteiger partial charge in [-0.05, 0) is 18.1 Å². The summed E-state index contributed by atoms with van der Waals surface area (Å²) in [7, 11) is 0. The highest BCUT2D eigenvalue weighted by atomic mass is 19.4. The van der Waals surface area contributed by atoms with Crippen LogP contribution in [0.5, 0.6) is 5.75 Å². The Balaban J connectivity index is 1.51. The maximum absolute atomic E-state index is 11.8. The average molecular weight is 332 g/mol. The van der Waals surface area contributed by atoms with Gasteiger partial charge in [-0.1, -0.05) is 18.2 Å². The van der Waals surface area contributed by atoms with Gasteiger partial charge in [-0.25, -0.2) is 4.79 Å². The topological polar surface area (TPSA) is 59.6 Å². The van der Waals surface area contributed by atoms with Crippen molar-refractivity contribution in [3.8, 4) is 5.75 Å². The molecule has 1 heterocycles. The molecule has 2 amide bonds. The number of urea groups is 1. The number of para-hydroxylation sites is 1. The van der Waals surface area contributed by atoms with E-state index in [2.05, 4.69) is 15.4 Å². The fourth-order valence-corrected chi connectivity index (χ4v) is 2.20. The molecule has 8 heteroatoms. The van der Waals surface area contributed by atoms with Crippen molar-refractivity contribution < 1.29 is 27.4 Å². The molecule has 0 fully saturated rings. The third kappa shape index (κ3) is 6.35. The number of nitrogens with one attached hydrogen (secondary N) is 2. The fraction of sp³-hybridized carbons (Fsp3) is 0.533. The lowest BCUT2D eigenvalue weighted by molar-refractivity contribution is -0.173.